The topological polar surface area (TPSA) is 90.7 Å². The van der Waals surface area contributed by atoms with Crippen LogP contribution >= 0.6 is 0 Å². The van der Waals surface area contributed by atoms with Crippen LogP contribution in [0.5, 0.6) is 0 Å². The third-order valence-electron chi connectivity index (χ3n) is 5.33. The van der Waals surface area contributed by atoms with Gasteiger partial charge in [0.2, 0.25) is 0 Å². The normalized spacial score (nSPS) is 12.1. The molecule has 1 amide bonds. The molecule has 2 heterocycles. The minimum atomic E-state index is -0.921. The van der Waals surface area contributed by atoms with Gasteiger partial charge in [-0.15, -0.1) is 0 Å². The van der Waals surface area contributed by atoms with Crippen molar-refractivity contribution in [3.8, 4) is 0 Å². The van der Waals surface area contributed by atoms with Crippen LogP contribution in [0.25, 0.3) is 27.2 Å². The lowest BCUT2D eigenvalue weighted by atomic mass is 9.98. The summed E-state index contributed by atoms with van der Waals surface area (Å²) >= 11 is 0. The molecule has 0 aliphatic carbocycles. The minimum absolute atomic E-state index is 0.279. The molecule has 7 heteroatoms. The first-order valence-electron chi connectivity index (χ1n) is 9.67. The molecule has 0 bridgehead atoms. The van der Waals surface area contributed by atoms with Crippen LogP contribution in [-0.2, 0) is 6.42 Å². The van der Waals surface area contributed by atoms with Crippen molar-refractivity contribution in [1.82, 2.24) is 19.5 Å². The van der Waals surface area contributed by atoms with Gasteiger partial charge < -0.3 is 10.0 Å². The van der Waals surface area contributed by atoms with Crippen LogP contribution in [0, 0.1) is 0 Å². The fourth-order valence-electron chi connectivity index (χ4n) is 3.88. The Labute approximate surface area is 167 Å². The van der Waals surface area contributed by atoms with Gasteiger partial charge in [0.1, 0.15) is 0 Å². The summed E-state index contributed by atoms with van der Waals surface area (Å²) in [5.41, 5.74) is 0.857. The first-order chi connectivity index (χ1) is 13.8. The Bertz CT molecular complexity index is 1280. The Hall–Kier alpha value is -3.35. The van der Waals surface area contributed by atoms with Crippen LogP contribution < -0.4 is 5.69 Å². The third kappa shape index (κ3) is 3.44. The van der Waals surface area contributed by atoms with Crippen LogP contribution in [-0.4, -0.2) is 42.8 Å². The number of carboxylic acid groups (broad SMARTS) is 1. The molecule has 0 aliphatic rings. The number of aryl methyl sites for hydroxylation is 1. The molecule has 0 unspecified atom stereocenters. The maximum Gasteiger partial charge on any atom is 0.407 e. The fourth-order valence-corrected chi connectivity index (χ4v) is 3.88. The van der Waals surface area contributed by atoms with E-state index in [0.717, 1.165) is 27.1 Å². The van der Waals surface area contributed by atoms with E-state index in [1.54, 1.807) is 0 Å². The van der Waals surface area contributed by atoms with Crippen molar-refractivity contribution in [3.63, 3.8) is 0 Å². The molecular formula is C22H24N4O3. The number of nitrogens with one attached hydrogen (secondary N) is 1. The number of fused-ring (bicyclic) bond motifs is 4. The summed E-state index contributed by atoms with van der Waals surface area (Å²) in [6.07, 6.45) is 2.21. The average Bonchev–Trinajstić information content (AvgIpc) is 3.03. The van der Waals surface area contributed by atoms with Crippen LogP contribution in [0.3, 0.4) is 0 Å². The summed E-state index contributed by atoms with van der Waals surface area (Å²) in [4.78, 5) is 25.3. The number of H-pyrrole nitrogens is 1. The highest BCUT2D eigenvalue weighted by molar-refractivity contribution is 6.05. The maximum absolute atomic E-state index is 12.2. The monoisotopic (exact) mass is 392 g/mol. The zero-order chi connectivity index (χ0) is 20.8. The highest BCUT2D eigenvalue weighted by Crippen LogP contribution is 2.28. The molecule has 0 fully saturated rings. The lowest BCUT2D eigenvalue weighted by molar-refractivity contribution is 0.0996. The van der Waals surface area contributed by atoms with E-state index in [1.807, 2.05) is 45.2 Å². The van der Waals surface area contributed by atoms with E-state index in [2.05, 4.69) is 28.4 Å². The molecule has 0 saturated heterocycles. The van der Waals surface area contributed by atoms with E-state index in [0.29, 0.717) is 25.0 Å². The van der Waals surface area contributed by atoms with Crippen molar-refractivity contribution in [2.24, 2.45) is 0 Å². The van der Waals surface area contributed by atoms with Gasteiger partial charge in [0.05, 0.1) is 0 Å². The van der Waals surface area contributed by atoms with Crippen LogP contribution in [0.15, 0.2) is 47.4 Å². The Morgan fingerprint density at radius 1 is 1.17 bits per heavy atom. The first kappa shape index (κ1) is 19.0. The zero-order valence-electron chi connectivity index (χ0n) is 16.8. The Kier molecular flexibility index (Phi) is 4.53. The number of rotatable bonds is 4. The summed E-state index contributed by atoms with van der Waals surface area (Å²) in [6.45, 7) is 6.09. The largest absolute Gasteiger partial charge is 0.465 e. The number of benzene rings is 2. The first-order valence-corrected chi connectivity index (χ1v) is 9.67. The predicted octanol–water partition coefficient (Wildman–Crippen LogP) is 4.04. The highest BCUT2D eigenvalue weighted by Gasteiger charge is 2.25. The van der Waals surface area contributed by atoms with Gasteiger partial charge in [-0.1, -0.05) is 24.3 Å². The van der Waals surface area contributed by atoms with Gasteiger partial charge >= 0.3 is 11.8 Å². The number of hydrogen-bond acceptors (Lipinski definition) is 3. The lowest BCUT2D eigenvalue weighted by Gasteiger charge is -2.33. The molecule has 0 radical (unpaired) electrons. The van der Waals surface area contributed by atoms with Crippen LogP contribution in [0.2, 0.25) is 0 Å². The van der Waals surface area contributed by atoms with Gasteiger partial charge in [0, 0.05) is 23.7 Å². The second-order valence-corrected chi connectivity index (χ2v) is 8.33. The van der Waals surface area contributed by atoms with E-state index in [-0.39, 0.29) is 5.69 Å². The summed E-state index contributed by atoms with van der Waals surface area (Å²) < 4.78 is 1.53. The molecule has 0 spiro atoms. The van der Waals surface area contributed by atoms with E-state index >= 15 is 0 Å². The Morgan fingerprint density at radius 3 is 2.45 bits per heavy atom. The molecule has 7 nitrogen and oxygen atoms in total. The SMILES string of the molecule is CC(C)(C)N(CCCc1cn2c(=O)[nH]nc2c2cc3ccccc3cc12)C(=O)O. The number of carbonyl (C=O) groups is 1. The maximum atomic E-state index is 12.2. The highest BCUT2D eigenvalue weighted by atomic mass is 16.4. The average molecular weight is 392 g/mol. The number of aromatic nitrogens is 3. The number of amides is 1. The Balaban J connectivity index is 1.78. The van der Waals surface area contributed by atoms with Crippen LogP contribution in [0.4, 0.5) is 4.79 Å². The van der Waals surface area contributed by atoms with E-state index in [1.165, 1.54) is 9.30 Å². The van der Waals surface area contributed by atoms with Crippen molar-refractivity contribution in [3.05, 3.63) is 58.6 Å². The second kappa shape index (κ2) is 6.92. The summed E-state index contributed by atoms with van der Waals surface area (Å²) in [6, 6.07) is 12.3. The molecule has 2 N–H and O–H groups in total. The number of nitrogens with zero attached hydrogens (tertiary/aromatic N) is 3. The lowest BCUT2D eigenvalue weighted by Crippen LogP contribution is -2.45. The Morgan fingerprint density at radius 2 is 1.83 bits per heavy atom. The molecular weight excluding hydrogens is 368 g/mol. The van der Waals surface area contributed by atoms with Crippen molar-refractivity contribution in [1.29, 1.82) is 0 Å². The van der Waals surface area contributed by atoms with E-state index in [4.69, 9.17) is 0 Å². The smallest absolute Gasteiger partial charge is 0.407 e. The van der Waals surface area contributed by atoms with Crippen molar-refractivity contribution in [2.45, 2.75) is 39.2 Å². The van der Waals surface area contributed by atoms with Crippen molar-refractivity contribution in [2.75, 3.05) is 6.54 Å². The number of pyridine rings is 1. The summed E-state index contributed by atoms with van der Waals surface area (Å²) in [5, 5.41) is 20.4. The zero-order valence-corrected chi connectivity index (χ0v) is 16.8. The standard InChI is InChI=1S/C22H24N4O3/c1-22(2,3)26(21(28)29)10-6-9-16-13-25-19(23-24-20(25)27)18-12-15-8-5-4-7-14(15)11-17(16)18/h4-5,7-8,11-13H,6,9-10H2,1-3H3,(H,24,27)(H,28,29). The van der Waals surface area contributed by atoms with Gasteiger partial charge in [-0.2, -0.15) is 5.10 Å². The molecule has 2 aromatic heterocycles. The van der Waals surface area contributed by atoms with Gasteiger partial charge in [-0.05, 0) is 67.5 Å². The predicted molar refractivity (Wildman–Crippen MR) is 114 cm³/mol. The molecule has 4 rings (SSSR count). The number of aromatic amines is 1. The summed E-state index contributed by atoms with van der Waals surface area (Å²) in [5.74, 6) is 0. The molecule has 0 saturated carbocycles. The summed E-state index contributed by atoms with van der Waals surface area (Å²) in [7, 11) is 0. The van der Waals surface area contributed by atoms with Crippen molar-refractivity contribution >= 4 is 33.3 Å². The van der Waals surface area contributed by atoms with Crippen LogP contribution in [0.1, 0.15) is 32.8 Å². The van der Waals surface area contributed by atoms with Gasteiger partial charge in [0.25, 0.3) is 0 Å². The molecule has 0 aliphatic heterocycles. The third-order valence-corrected chi connectivity index (χ3v) is 5.33. The van der Waals surface area contributed by atoms with Crippen molar-refractivity contribution < 1.29 is 9.90 Å². The van der Waals surface area contributed by atoms with E-state index < -0.39 is 11.6 Å². The molecule has 0 atom stereocenters. The molecule has 150 valence electrons. The van der Waals surface area contributed by atoms with E-state index in [9.17, 15) is 14.7 Å². The second-order valence-electron chi connectivity index (χ2n) is 8.33. The number of hydrogen-bond donors (Lipinski definition) is 2. The fraction of sp³-hybridized carbons (Fsp3) is 0.318. The quantitative estimate of drug-likeness (QED) is 0.513. The molecule has 29 heavy (non-hydrogen) atoms. The van der Waals surface area contributed by atoms with Gasteiger partial charge in [0.15, 0.2) is 5.65 Å². The minimum Gasteiger partial charge on any atom is -0.465 e. The van der Waals surface area contributed by atoms with Gasteiger partial charge in [-0.25, -0.2) is 19.1 Å². The molecule has 4 aromatic rings. The molecule has 2 aromatic carbocycles. The van der Waals surface area contributed by atoms with Gasteiger partial charge in [-0.3, -0.25) is 0 Å².